The molecule has 2 aromatic carbocycles. The highest BCUT2D eigenvalue weighted by Gasteiger charge is 2.12. The number of thiazole rings is 1. The Balaban J connectivity index is 2.12. The molecule has 0 aliphatic carbocycles. The second kappa shape index (κ2) is 7.89. The standard InChI is InChI=1S/C17H13Cl3N2O2S/c1-24-7-6-22-14-5-3-11(19)9-15(14)25-17(22)21-16(23)12-4-2-10(18)8-13(12)20/h2-5,8-9H,6-7H2,1H3. The summed E-state index contributed by atoms with van der Waals surface area (Å²) in [5, 5.41) is 1.37. The van der Waals surface area contributed by atoms with E-state index >= 15 is 0 Å². The first-order valence-electron chi connectivity index (χ1n) is 7.31. The number of amides is 1. The van der Waals surface area contributed by atoms with Crippen LogP contribution in [0, 0.1) is 0 Å². The molecular weight excluding hydrogens is 403 g/mol. The van der Waals surface area contributed by atoms with Gasteiger partial charge in [0.05, 0.1) is 27.4 Å². The topological polar surface area (TPSA) is 43.6 Å². The van der Waals surface area contributed by atoms with E-state index in [0.29, 0.717) is 33.6 Å². The number of fused-ring (bicyclic) bond motifs is 1. The van der Waals surface area contributed by atoms with Crippen LogP contribution in [0.1, 0.15) is 10.4 Å². The molecule has 0 N–H and O–H groups in total. The number of ether oxygens (including phenoxy) is 1. The van der Waals surface area contributed by atoms with Gasteiger partial charge in [-0.2, -0.15) is 4.99 Å². The molecule has 1 aromatic heterocycles. The zero-order valence-corrected chi connectivity index (χ0v) is 16.2. The Morgan fingerprint density at radius 2 is 1.88 bits per heavy atom. The maximum atomic E-state index is 12.6. The molecule has 0 unspecified atom stereocenters. The first-order valence-corrected chi connectivity index (χ1v) is 9.26. The number of carbonyl (C=O) groups is 1. The van der Waals surface area contributed by atoms with Crippen molar-refractivity contribution in [3.8, 4) is 0 Å². The summed E-state index contributed by atoms with van der Waals surface area (Å²) < 4.78 is 8.03. The Bertz CT molecular complexity index is 1010. The number of hydrogen-bond acceptors (Lipinski definition) is 3. The van der Waals surface area contributed by atoms with E-state index in [0.717, 1.165) is 10.2 Å². The molecule has 0 saturated heterocycles. The van der Waals surface area contributed by atoms with E-state index in [-0.39, 0.29) is 5.02 Å². The fraction of sp³-hybridized carbons (Fsp3) is 0.176. The van der Waals surface area contributed by atoms with Crippen molar-refractivity contribution in [1.82, 2.24) is 4.57 Å². The Morgan fingerprint density at radius 1 is 1.16 bits per heavy atom. The van der Waals surface area contributed by atoms with E-state index in [1.54, 1.807) is 19.2 Å². The van der Waals surface area contributed by atoms with Crippen LogP contribution in [0.25, 0.3) is 10.2 Å². The monoisotopic (exact) mass is 414 g/mol. The average molecular weight is 416 g/mol. The number of halogens is 3. The smallest absolute Gasteiger partial charge is 0.281 e. The predicted octanol–water partition coefficient (Wildman–Crippen LogP) is 5.05. The normalized spacial score (nSPS) is 12.1. The van der Waals surface area contributed by atoms with Crippen molar-refractivity contribution in [1.29, 1.82) is 0 Å². The molecule has 25 heavy (non-hydrogen) atoms. The van der Waals surface area contributed by atoms with Crippen molar-refractivity contribution < 1.29 is 9.53 Å². The highest BCUT2D eigenvalue weighted by molar-refractivity contribution is 7.16. The van der Waals surface area contributed by atoms with E-state index < -0.39 is 5.91 Å². The summed E-state index contributed by atoms with van der Waals surface area (Å²) in [5.41, 5.74) is 1.25. The van der Waals surface area contributed by atoms with Crippen LogP contribution in [-0.2, 0) is 11.3 Å². The number of carbonyl (C=O) groups excluding carboxylic acids is 1. The fourth-order valence-electron chi connectivity index (χ4n) is 2.34. The highest BCUT2D eigenvalue weighted by atomic mass is 35.5. The van der Waals surface area contributed by atoms with Crippen molar-refractivity contribution in [2.75, 3.05) is 13.7 Å². The number of benzene rings is 2. The molecule has 3 aromatic rings. The van der Waals surface area contributed by atoms with Crippen LogP contribution in [0.4, 0.5) is 0 Å². The van der Waals surface area contributed by atoms with E-state index in [1.165, 1.54) is 17.4 Å². The number of hydrogen-bond donors (Lipinski definition) is 0. The van der Waals surface area contributed by atoms with Gasteiger partial charge in [-0.1, -0.05) is 46.1 Å². The molecule has 4 nitrogen and oxygen atoms in total. The van der Waals surface area contributed by atoms with Gasteiger partial charge in [-0.15, -0.1) is 0 Å². The van der Waals surface area contributed by atoms with Crippen LogP contribution in [-0.4, -0.2) is 24.2 Å². The minimum Gasteiger partial charge on any atom is -0.383 e. The third-order valence-corrected chi connectivity index (χ3v) is 5.35. The molecule has 1 amide bonds. The molecule has 0 atom stereocenters. The molecule has 0 aliphatic rings. The van der Waals surface area contributed by atoms with Gasteiger partial charge in [0, 0.05) is 23.7 Å². The second-order valence-electron chi connectivity index (χ2n) is 5.18. The highest BCUT2D eigenvalue weighted by Crippen LogP contribution is 2.23. The second-order valence-corrected chi connectivity index (χ2v) is 7.47. The van der Waals surface area contributed by atoms with E-state index in [1.807, 2.05) is 22.8 Å². The lowest BCUT2D eigenvalue weighted by Crippen LogP contribution is -2.19. The van der Waals surface area contributed by atoms with Crippen LogP contribution < -0.4 is 4.80 Å². The molecule has 1 heterocycles. The number of rotatable bonds is 4. The third kappa shape index (κ3) is 4.07. The molecule has 8 heteroatoms. The third-order valence-electron chi connectivity index (χ3n) is 3.52. The lowest BCUT2D eigenvalue weighted by atomic mass is 10.2. The van der Waals surface area contributed by atoms with Gasteiger partial charge in [-0.25, -0.2) is 0 Å². The fourth-order valence-corrected chi connectivity index (χ4v) is 4.16. The van der Waals surface area contributed by atoms with Crippen molar-refractivity contribution in [2.24, 2.45) is 4.99 Å². The summed E-state index contributed by atoms with van der Waals surface area (Å²) in [7, 11) is 1.63. The molecule has 0 spiro atoms. The minimum atomic E-state index is -0.425. The largest absolute Gasteiger partial charge is 0.383 e. The quantitative estimate of drug-likeness (QED) is 0.598. The maximum Gasteiger partial charge on any atom is 0.281 e. The Labute approximate surface area is 163 Å². The van der Waals surface area contributed by atoms with Gasteiger partial charge in [0.15, 0.2) is 4.80 Å². The molecule has 0 bridgehead atoms. The van der Waals surface area contributed by atoms with E-state index in [9.17, 15) is 4.79 Å². The summed E-state index contributed by atoms with van der Waals surface area (Å²) in [4.78, 5) is 17.4. The summed E-state index contributed by atoms with van der Waals surface area (Å²) in [6.45, 7) is 1.07. The van der Waals surface area contributed by atoms with Crippen molar-refractivity contribution in [2.45, 2.75) is 6.54 Å². The van der Waals surface area contributed by atoms with Crippen LogP contribution >= 0.6 is 46.1 Å². The van der Waals surface area contributed by atoms with E-state index in [2.05, 4.69) is 4.99 Å². The Hall–Kier alpha value is -1.37. The Kier molecular flexibility index (Phi) is 5.81. The van der Waals surface area contributed by atoms with E-state index in [4.69, 9.17) is 39.5 Å². The van der Waals surface area contributed by atoms with Crippen molar-refractivity contribution >= 4 is 62.3 Å². The summed E-state index contributed by atoms with van der Waals surface area (Å²) in [6, 6.07) is 10.3. The van der Waals surface area contributed by atoms with Gasteiger partial charge in [0.25, 0.3) is 5.91 Å². The molecule has 0 radical (unpaired) electrons. The SMILES string of the molecule is COCCn1c(=NC(=O)c2ccc(Cl)cc2Cl)sc2cc(Cl)ccc21. The summed E-state index contributed by atoms with van der Waals surface area (Å²) in [5.74, 6) is -0.425. The number of methoxy groups -OCH3 is 1. The average Bonchev–Trinajstić information content (AvgIpc) is 2.88. The molecular formula is C17H13Cl3N2O2S. The molecule has 0 saturated carbocycles. The zero-order valence-electron chi connectivity index (χ0n) is 13.1. The number of nitrogens with zero attached hydrogens (tertiary/aromatic N) is 2. The Morgan fingerprint density at radius 3 is 2.60 bits per heavy atom. The van der Waals surface area contributed by atoms with Gasteiger partial charge in [-0.3, -0.25) is 4.79 Å². The molecule has 3 rings (SSSR count). The van der Waals surface area contributed by atoms with Gasteiger partial charge in [0.1, 0.15) is 0 Å². The van der Waals surface area contributed by atoms with Gasteiger partial charge in [-0.05, 0) is 36.4 Å². The van der Waals surface area contributed by atoms with Crippen molar-refractivity contribution in [3.63, 3.8) is 0 Å². The maximum absolute atomic E-state index is 12.6. The first kappa shape index (κ1) is 18.4. The molecule has 130 valence electrons. The summed E-state index contributed by atoms with van der Waals surface area (Å²) in [6.07, 6.45) is 0. The first-order chi connectivity index (χ1) is 12.0. The van der Waals surface area contributed by atoms with Crippen LogP contribution in [0.5, 0.6) is 0 Å². The summed E-state index contributed by atoms with van der Waals surface area (Å²) >= 11 is 19.4. The van der Waals surface area contributed by atoms with Crippen LogP contribution in [0.3, 0.4) is 0 Å². The minimum absolute atomic E-state index is 0.272. The predicted molar refractivity (Wildman–Crippen MR) is 103 cm³/mol. The van der Waals surface area contributed by atoms with Crippen LogP contribution in [0.15, 0.2) is 41.4 Å². The van der Waals surface area contributed by atoms with Crippen LogP contribution in [0.2, 0.25) is 15.1 Å². The molecule has 0 aliphatic heterocycles. The lowest BCUT2D eigenvalue weighted by molar-refractivity contribution is 0.0997. The zero-order chi connectivity index (χ0) is 18.0. The lowest BCUT2D eigenvalue weighted by Gasteiger charge is -2.04. The molecule has 0 fully saturated rings. The number of aromatic nitrogens is 1. The van der Waals surface area contributed by atoms with Crippen molar-refractivity contribution in [3.05, 3.63) is 61.8 Å². The van der Waals surface area contributed by atoms with Gasteiger partial charge < -0.3 is 9.30 Å². The van der Waals surface area contributed by atoms with Gasteiger partial charge >= 0.3 is 0 Å². The van der Waals surface area contributed by atoms with Gasteiger partial charge in [0.2, 0.25) is 0 Å².